The average Bonchev–Trinajstić information content (AvgIpc) is 3.51. The van der Waals surface area contributed by atoms with Crippen LogP contribution in [0.15, 0.2) is 157 Å². The summed E-state index contributed by atoms with van der Waals surface area (Å²) in [7, 11) is 0. The molecule has 3 nitrogen and oxygen atoms in total. The Morgan fingerprint density at radius 1 is 0.837 bits per heavy atom. The number of nitrogens with two attached hydrogens (primary N) is 1. The number of para-hydroxylation sites is 1. The number of fused-ring (bicyclic) bond motifs is 1. The van der Waals surface area contributed by atoms with Gasteiger partial charge in [-0.15, -0.1) is 0 Å². The van der Waals surface area contributed by atoms with E-state index in [-0.39, 0.29) is 0 Å². The largest absolute Gasteiger partial charge is 0.397 e. The van der Waals surface area contributed by atoms with Crippen molar-refractivity contribution in [2.24, 2.45) is 5.73 Å². The maximum atomic E-state index is 5.98. The highest BCUT2D eigenvalue weighted by atomic mass is 127. The van der Waals surface area contributed by atoms with Crippen molar-refractivity contribution < 1.29 is 0 Å². The molecule has 1 aliphatic carbocycles. The van der Waals surface area contributed by atoms with Crippen molar-refractivity contribution in [3.63, 3.8) is 0 Å². The Labute approximate surface area is 274 Å². The molecule has 4 heteroatoms. The topological polar surface area (TPSA) is 32.5 Å². The molecule has 0 amide bonds. The second-order valence-electron chi connectivity index (χ2n) is 9.00. The van der Waals surface area contributed by atoms with E-state index in [2.05, 4.69) is 142 Å². The van der Waals surface area contributed by atoms with Gasteiger partial charge in [0.05, 0.1) is 45.6 Å². The molecule has 1 heterocycles. The minimum absolute atomic E-state index is 0.853. The zero-order valence-corrected chi connectivity index (χ0v) is 28.6. The summed E-state index contributed by atoms with van der Waals surface area (Å²) in [6.45, 7) is 16.2. The van der Waals surface area contributed by atoms with Gasteiger partial charge in [-0.25, -0.2) is 0 Å². The quantitative estimate of drug-likeness (QED) is 0.165. The summed E-state index contributed by atoms with van der Waals surface area (Å²) in [5.74, 6) is 0. The molecule has 0 unspecified atom stereocenters. The van der Waals surface area contributed by atoms with Gasteiger partial charge in [-0.3, -0.25) is 3.11 Å². The summed E-state index contributed by atoms with van der Waals surface area (Å²) < 4.78 is 2.10. The number of anilines is 2. The highest BCUT2D eigenvalue weighted by molar-refractivity contribution is 14.1. The van der Waals surface area contributed by atoms with Gasteiger partial charge >= 0.3 is 0 Å². The number of halogens is 1. The number of hydrogen-bond donors (Lipinski definition) is 1. The smallest absolute Gasteiger partial charge is 0.0700 e. The van der Waals surface area contributed by atoms with Crippen molar-refractivity contribution in [3.05, 3.63) is 163 Å². The highest BCUT2D eigenvalue weighted by Crippen LogP contribution is 2.32. The van der Waals surface area contributed by atoms with Gasteiger partial charge < -0.3 is 10.6 Å². The van der Waals surface area contributed by atoms with Gasteiger partial charge in [0.15, 0.2) is 0 Å². The van der Waals surface area contributed by atoms with Gasteiger partial charge in [0.1, 0.15) is 0 Å². The van der Waals surface area contributed by atoms with Crippen molar-refractivity contribution in [2.45, 2.75) is 48.0 Å². The lowest BCUT2D eigenvalue weighted by molar-refractivity contribution is 1.18. The van der Waals surface area contributed by atoms with Crippen LogP contribution in [0.4, 0.5) is 11.4 Å². The monoisotopic (exact) mass is 683 g/mol. The first-order valence-corrected chi connectivity index (χ1v) is 16.0. The molecule has 1 aliphatic heterocycles. The predicted molar refractivity (Wildman–Crippen MR) is 201 cm³/mol. The molecule has 0 bridgehead atoms. The van der Waals surface area contributed by atoms with Crippen LogP contribution in [0.3, 0.4) is 0 Å². The van der Waals surface area contributed by atoms with E-state index in [1.54, 1.807) is 0 Å². The summed E-state index contributed by atoms with van der Waals surface area (Å²) in [5.41, 5.74) is 16.0. The standard InChI is InChI=1S/C18H19N.C17H15IN2.2C2H6/c1-4-10-16(5-2)19-14-9-8-11-15(3)17-12-6-7-13-18(17)19;18-20(17-8-4-7-16(17)19)15-11-9-14(10-12-15)13-5-2-1-3-6-13;2*1-2/h4-14H,3H2,1-2H3;1-3,5-12H,4,19H2;2*1-2H3/b10-4-,11-8-,14-9-,16-5+;;;. The molecule has 3 aromatic carbocycles. The predicted octanol–water partition coefficient (Wildman–Crippen LogP) is 11.8. The van der Waals surface area contributed by atoms with Crippen LogP contribution in [0.25, 0.3) is 16.7 Å². The molecular weight excluding hydrogens is 637 g/mol. The Bertz CT molecular complexity index is 1470. The van der Waals surface area contributed by atoms with E-state index in [0.717, 1.165) is 46.0 Å². The number of nitrogens with zero attached hydrogens (tertiary/aromatic N) is 2. The fourth-order valence-corrected chi connectivity index (χ4v) is 5.21. The van der Waals surface area contributed by atoms with Crippen LogP contribution >= 0.6 is 22.9 Å². The lowest BCUT2D eigenvalue weighted by atomic mass is 10.0. The van der Waals surface area contributed by atoms with Crippen molar-refractivity contribution in [1.82, 2.24) is 0 Å². The fraction of sp³-hybridized carbons (Fsp3) is 0.179. The fourth-order valence-electron chi connectivity index (χ4n) is 4.41. The molecule has 0 saturated heterocycles. The van der Waals surface area contributed by atoms with E-state index in [0.29, 0.717) is 0 Å². The number of hydrogen-bond acceptors (Lipinski definition) is 3. The molecule has 0 fully saturated rings. The Kier molecular flexibility index (Phi) is 15.7. The van der Waals surface area contributed by atoms with Crippen LogP contribution < -0.4 is 13.7 Å². The van der Waals surface area contributed by atoms with Gasteiger partial charge in [-0.1, -0.05) is 131 Å². The molecule has 3 aromatic rings. The average molecular weight is 684 g/mol. The molecule has 2 aliphatic rings. The maximum absolute atomic E-state index is 5.98. The molecule has 0 atom stereocenters. The molecule has 224 valence electrons. The van der Waals surface area contributed by atoms with E-state index in [4.69, 9.17) is 5.73 Å². The second kappa shape index (κ2) is 19.2. The molecular formula is C39H46IN3. The van der Waals surface area contributed by atoms with Crippen LogP contribution in [0.2, 0.25) is 0 Å². The highest BCUT2D eigenvalue weighted by Gasteiger charge is 2.15. The Morgan fingerprint density at radius 2 is 1.47 bits per heavy atom. The van der Waals surface area contributed by atoms with Gasteiger partial charge in [0.25, 0.3) is 0 Å². The molecule has 2 N–H and O–H groups in total. The molecule has 43 heavy (non-hydrogen) atoms. The molecule has 5 rings (SSSR count). The van der Waals surface area contributed by atoms with E-state index in [1.807, 2.05) is 71.1 Å². The number of allylic oxidation sites excluding steroid dienone is 9. The van der Waals surface area contributed by atoms with E-state index < -0.39 is 0 Å². The first-order chi connectivity index (χ1) is 21.0. The summed E-state index contributed by atoms with van der Waals surface area (Å²) in [6.07, 6.45) is 19.5. The number of rotatable bonds is 5. The molecule has 0 radical (unpaired) electrons. The van der Waals surface area contributed by atoms with Crippen molar-refractivity contribution >= 4 is 39.8 Å². The minimum Gasteiger partial charge on any atom is -0.397 e. The number of benzene rings is 3. The maximum Gasteiger partial charge on any atom is 0.0700 e. The minimum atomic E-state index is 0.853. The van der Waals surface area contributed by atoms with Crippen LogP contribution in [0.1, 0.15) is 53.5 Å². The van der Waals surface area contributed by atoms with E-state index in [9.17, 15) is 0 Å². The van der Waals surface area contributed by atoms with Crippen molar-refractivity contribution in [1.29, 1.82) is 0 Å². The van der Waals surface area contributed by atoms with Crippen LogP contribution in [-0.4, -0.2) is 0 Å². The van der Waals surface area contributed by atoms with E-state index >= 15 is 0 Å². The van der Waals surface area contributed by atoms with E-state index in [1.165, 1.54) is 11.1 Å². The van der Waals surface area contributed by atoms with Crippen LogP contribution in [0, 0.1) is 0 Å². The molecule has 0 saturated carbocycles. The lowest BCUT2D eigenvalue weighted by Crippen LogP contribution is -2.15. The zero-order valence-electron chi connectivity index (χ0n) is 26.5. The molecule has 0 aromatic heterocycles. The Hall–Kier alpha value is -4.03. The SMILES string of the molecule is C=C1/C=C\C=C/N(C(/C=C\C)=C/C)c2ccccc21.CC.CC.NC1=CCC=C1N(I)c1ccc(-c2ccccc2)cc1. The van der Waals surface area contributed by atoms with Gasteiger partial charge in [0.2, 0.25) is 0 Å². The third kappa shape index (κ3) is 9.75. The summed E-state index contributed by atoms with van der Waals surface area (Å²) in [6, 6.07) is 27.3. The third-order valence-electron chi connectivity index (χ3n) is 6.42. The first kappa shape index (κ1) is 35.2. The first-order valence-electron chi connectivity index (χ1n) is 15.0. The van der Waals surface area contributed by atoms with Crippen LogP contribution in [0.5, 0.6) is 0 Å². The van der Waals surface area contributed by atoms with Crippen molar-refractivity contribution in [2.75, 3.05) is 8.01 Å². The van der Waals surface area contributed by atoms with Crippen molar-refractivity contribution in [3.8, 4) is 11.1 Å². The summed E-state index contributed by atoms with van der Waals surface area (Å²) in [4.78, 5) is 2.18. The third-order valence-corrected chi connectivity index (χ3v) is 7.50. The van der Waals surface area contributed by atoms with Gasteiger partial charge in [-0.05, 0) is 67.3 Å². The zero-order chi connectivity index (χ0) is 31.6. The van der Waals surface area contributed by atoms with Gasteiger partial charge in [-0.2, -0.15) is 0 Å². The lowest BCUT2D eigenvalue weighted by Gasteiger charge is -2.25. The van der Waals surface area contributed by atoms with Gasteiger partial charge in [0, 0.05) is 17.5 Å². The van der Waals surface area contributed by atoms with Crippen LogP contribution in [-0.2, 0) is 0 Å². The second-order valence-corrected chi connectivity index (χ2v) is 9.97. The normalized spacial score (nSPS) is 15.1. The Balaban J connectivity index is 0.000000270. The Morgan fingerprint density at radius 3 is 2.07 bits per heavy atom. The summed E-state index contributed by atoms with van der Waals surface area (Å²) in [5, 5.41) is 0. The molecule has 0 spiro atoms. The summed E-state index contributed by atoms with van der Waals surface area (Å²) >= 11 is 2.30.